The first-order valence-electron chi connectivity index (χ1n) is 7.27. The number of amides is 1. The lowest BCUT2D eigenvalue weighted by Gasteiger charge is -2.15. The molecule has 3 rings (SSSR count). The van der Waals surface area contributed by atoms with Crippen LogP contribution in [0.2, 0.25) is 0 Å². The molecule has 0 unspecified atom stereocenters. The molecule has 0 spiro atoms. The molecule has 2 aliphatic carbocycles. The highest BCUT2D eigenvalue weighted by Gasteiger charge is 2.41. The third-order valence-corrected chi connectivity index (χ3v) is 6.57. The van der Waals surface area contributed by atoms with Gasteiger partial charge in [-0.05, 0) is 56.4 Å². The Hall–Kier alpha value is -0.920. The van der Waals surface area contributed by atoms with Crippen LogP contribution in [-0.2, 0) is 10.0 Å². The Bertz CT molecular complexity index is 646. The fourth-order valence-corrected chi connectivity index (χ4v) is 4.99. The highest BCUT2D eigenvalue weighted by Crippen LogP contribution is 2.48. The van der Waals surface area contributed by atoms with Crippen LogP contribution in [0.5, 0.6) is 0 Å². The number of nitrogens with two attached hydrogens (primary N) is 1. The summed E-state index contributed by atoms with van der Waals surface area (Å²) in [6, 6.07) is 1.38. The molecular formula is C14H20N2O3S2. The van der Waals surface area contributed by atoms with E-state index < -0.39 is 10.0 Å². The number of thiophene rings is 1. The molecule has 0 saturated heterocycles. The molecule has 2 fully saturated rings. The quantitative estimate of drug-likeness (QED) is 0.835. The lowest BCUT2D eigenvalue weighted by Crippen LogP contribution is -2.30. The molecule has 3 N–H and O–H groups in total. The van der Waals surface area contributed by atoms with E-state index in [-0.39, 0.29) is 10.8 Å². The van der Waals surface area contributed by atoms with Gasteiger partial charge in [0.1, 0.15) is 0 Å². The van der Waals surface area contributed by atoms with Gasteiger partial charge in [-0.3, -0.25) is 4.79 Å². The second-order valence-electron chi connectivity index (χ2n) is 6.12. The van der Waals surface area contributed by atoms with Gasteiger partial charge in [-0.25, -0.2) is 13.6 Å². The van der Waals surface area contributed by atoms with E-state index in [1.54, 1.807) is 6.92 Å². The van der Waals surface area contributed by atoms with E-state index in [0.29, 0.717) is 22.2 Å². The van der Waals surface area contributed by atoms with Gasteiger partial charge in [0.05, 0.1) is 9.77 Å². The van der Waals surface area contributed by atoms with E-state index in [1.165, 1.54) is 43.1 Å². The van der Waals surface area contributed by atoms with Crippen LogP contribution in [0.4, 0.5) is 0 Å². The van der Waals surface area contributed by atoms with Gasteiger partial charge in [0.2, 0.25) is 10.0 Å². The Morgan fingerprint density at radius 1 is 1.38 bits per heavy atom. The summed E-state index contributed by atoms with van der Waals surface area (Å²) in [5, 5.41) is 8.11. The van der Waals surface area contributed by atoms with Crippen LogP contribution < -0.4 is 10.5 Å². The number of hydrogen-bond donors (Lipinski definition) is 2. The van der Waals surface area contributed by atoms with Crippen molar-refractivity contribution in [1.29, 1.82) is 0 Å². The van der Waals surface area contributed by atoms with Gasteiger partial charge < -0.3 is 5.32 Å². The summed E-state index contributed by atoms with van der Waals surface area (Å²) in [6.07, 6.45) is 5.13. The SMILES string of the molecule is Cc1sc(C(=O)NCC(C2CC2)C2CC2)cc1S(N)(=O)=O. The third kappa shape index (κ3) is 3.46. The standard InChI is InChI=1S/C14H20N2O3S2/c1-8-13(21(15,18)19)6-12(20-8)14(17)16-7-11(9-2-3-9)10-4-5-10/h6,9-11H,2-5,7H2,1H3,(H,16,17)(H2,15,18,19). The van der Waals surface area contributed by atoms with Crippen molar-refractivity contribution < 1.29 is 13.2 Å². The summed E-state index contributed by atoms with van der Waals surface area (Å²) in [7, 11) is -3.75. The summed E-state index contributed by atoms with van der Waals surface area (Å²) < 4.78 is 22.8. The van der Waals surface area contributed by atoms with E-state index in [2.05, 4.69) is 5.32 Å². The van der Waals surface area contributed by atoms with Crippen LogP contribution in [0.3, 0.4) is 0 Å². The Labute approximate surface area is 129 Å². The first kappa shape index (κ1) is 15.0. The molecule has 1 aromatic rings. The summed E-state index contributed by atoms with van der Waals surface area (Å²) in [5.74, 6) is 1.97. The van der Waals surface area contributed by atoms with Crippen molar-refractivity contribution in [3.05, 3.63) is 15.8 Å². The molecule has 0 radical (unpaired) electrons. The Kier molecular flexibility index (Phi) is 3.83. The molecule has 116 valence electrons. The Balaban J connectivity index is 1.65. The predicted octanol–water partition coefficient (Wildman–Crippen LogP) is 1.87. The topological polar surface area (TPSA) is 89.3 Å². The number of nitrogens with one attached hydrogen (secondary N) is 1. The molecule has 0 aromatic carbocycles. The van der Waals surface area contributed by atoms with Gasteiger partial charge in [0, 0.05) is 11.4 Å². The normalized spacial score (nSPS) is 19.0. The molecule has 0 bridgehead atoms. The highest BCUT2D eigenvalue weighted by atomic mass is 32.2. The molecule has 2 aliphatic rings. The zero-order chi connectivity index (χ0) is 15.2. The van der Waals surface area contributed by atoms with E-state index in [1.807, 2.05) is 0 Å². The Morgan fingerprint density at radius 2 is 1.95 bits per heavy atom. The molecular weight excluding hydrogens is 308 g/mol. The third-order valence-electron chi connectivity index (χ3n) is 4.36. The van der Waals surface area contributed by atoms with Gasteiger partial charge in [-0.1, -0.05) is 0 Å². The van der Waals surface area contributed by atoms with Crippen molar-refractivity contribution in [2.24, 2.45) is 22.9 Å². The van der Waals surface area contributed by atoms with Gasteiger partial charge in [-0.15, -0.1) is 11.3 Å². The molecule has 5 nitrogen and oxygen atoms in total. The van der Waals surface area contributed by atoms with Gasteiger partial charge in [-0.2, -0.15) is 0 Å². The number of carbonyl (C=O) groups is 1. The molecule has 1 aromatic heterocycles. The summed E-state index contributed by atoms with van der Waals surface area (Å²) in [5.41, 5.74) is 0. The second kappa shape index (κ2) is 5.37. The van der Waals surface area contributed by atoms with Crippen molar-refractivity contribution in [1.82, 2.24) is 5.32 Å². The first-order chi connectivity index (χ1) is 9.86. The predicted molar refractivity (Wildman–Crippen MR) is 81.7 cm³/mol. The Morgan fingerprint density at radius 3 is 2.38 bits per heavy atom. The zero-order valence-corrected chi connectivity index (χ0v) is 13.6. The molecule has 1 heterocycles. The number of aryl methyl sites for hydroxylation is 1. The fraction of sp³-hybridized carbons (Fsp3) is 0.643. The van der Waals surface area contributed by atoms with E-state index >= 15 is 0 Å². The lowest BCUT2D eigenvalue weighted by atomic mass is 9.98. The molecule has 0 atom stereocenters. The minimum atomic E-state index is -3.75. The second-order valence-corrected chi connectivity index (χ2v) is 8.91. The zero-order valence-electron chi connectivity index (χ0n) is 12.0. The van der Waals surface area contributed by atoms with E-state index in [0.717, 1.165) is 11.8 Å². The average molecular weight is 328 g/mol. The highest BCUT2D eigenvalue weighted by molar-refractivity contribution is 7.89. The van der Waals surface area contributed by atoms with Crippen LogP contribution >= 0.6 is 11.3 Å². The van der Waals surface area contributed by atoms with Crippen molar-refractivity contribution in [3.8, 4) is 0 Å². The van der Waals surface area contributed by atoms with Crippen LogP contribution in [0.15, 0.2) is 11.0 Å². The maximum absolute atomic E-state index is 12.2. The average Bonchev–Trinajstić information content (AvgIpc) is 3.28. The number of carbonyl (C=O) groups excluding carboxylic acids is 1. The minimum Gasteiger partial charge on any atom is -0.351 e. The molecule has 7 heteroatoms. The van der Waals surface area contributed by atoms with Crippen LogP contribution in [-0.4, -0.2) is 20.9 Å². The summed E-state index contributed by atoms with van der Waals surface area (Å²) in [4.78, 5) is 13.2. The summed E-state index contributed by atoms with van der Waals surface area (Å²) >= 11 is 1.18. The largest absolute Gasteiger partial charge is 0.351 e. The lowest BCUT2D eigenvalue weighted by molar-refractivity contribution is 0.0947. The number of primary sulfonamides is 1. The maximum atomic E-state index is 12.2. The molecule has 2 saturated carbocycles. The van der Waals surface area contributed by atoms with Gasteiger partial charge in [0.25, 0.3) is 5.91 Å². The van der Waals surface area contributed by atoms with Crippen molar-refractivity contribution >= 4 is 27.3 Å². The van der Waals surface area contributed by atoms with Crippen LogP contribution in [0.25, 0.3) is 0 Å². The smallest absolute Gasteiger partial charge is 0.261 e. The maximum Gasteiger partial charge on any atom is 0.261 e. The molecule has 21 heavy (non-hydrogen) atoms. The van der Waals surface area contributed by atoms with Crippen molar-refractivity contribution in [2.45, 2.75) is 37.5 Å². The van der Waals surface area contributed by atoms with Crippen LogP contribution in [0, 0.1) is 24.7 Å². The van der Waals surface area contributed by atoms with Crippen molar-refractivity contribution in [3.63, 3.8) is 0 Å². The summed E-state index contributed by atoms with van der Waals surface area (Å²) in [6.45, 7) is 2.37. The van der Waals surface area contributed by atoms with E-state index in [9.17, 15) is 13.2 Å². The molecule has 1 amide bonds. The number of sulfonamides is 1. The van der Waals surface area contributed by atoms with Gasteiger partial charge in [0.15, 0.2) is 0 Å². The van der Waals surface area contributed by atoms with Crippen molar-refractivity contribution in [2.75, 3.05) is 6.54 Å². The van der Waals surface area contributed by atoms with Crippen LogP contribution in [0.1, 0.15) is 40.2 Å². The number of hydrogen-bond acceptors (Lipinski definition) is 4. The molecule has 0 aliphatic heterocycles. The number of rotatable bonds is 6. The van der Waals surface area contributed by atoms with E-state index in [4.69, 9.17) is 5.14 Å². The first-order valence-corrected chi connectivity index (χ1v) is 9.64. The fourth-order valence-electron chi connectivity index (χ4n) is 2.92. The minimum absolute atomic E-state index is 0.0542. The van der Waals surface area contributed by atoms with Gasteiger partial charge >= 0.3 is 0 Å². The monoisotopic (exact) mass is 328 g/mol.